The fraction of sp³-hybridized carbons (Fsp3) is 0.333. The summed E-state index contributed by atoms with van der Waals surface area (Å²) < 4.78 is 13.5. The van der Waals surface area contributed by atoms with Crippen LogP contribution in [0.3, 0.4) is 0 Å². The number of allylic oxidation sites excluding steroid dienone is 2. The molecular formula is C18H21FO5. The first-order chi connectivity index (χ1) is 11.2. The van der Waals surface area contributed by atoms with Gasteiger partial charge in [0.1, 0.15) is 5.41 Å². The molecule has 0 saturated carbocycles. The minimum Gasteiger partial charge on any atom is -0.481 e. The van der Waals surface area contributed by atoms with Gasteiger partial charge >= 0.3 is 11.9 Å². The first kappa shape index (κ1) is 19.6. The molecule has 0 saturated heterocycles. The van der Waals surface area contributed by atoms with Gasteiger partial charge in [0.25, 0.3) is 0 Å². The molecule has 24 heavy (non-hydrogen) atoms. The number of alkyl halides is 1. The van der Waals surface area contributed by atoms with Gasteiger partial charge < -0.3 is 15.3 Å². The number of hydrogen-bond acceptors (Lipinski definition) is 3. The summed E-state index contributed by atoms with van der Waals surface area (Å²) in [5.74, 6) is -2.82. The van der Waals surface area contributed by atoms with Gasteiger partial charge in [-0.25, -0.2) is 9.18 Å². The molecule has 3 atom stereocenters. The summed E-state index contributed by atoms with van der Waals surface area (Å²) in [7, 11) is 0. The highest BCUT2D eigenvalue weighted by atomic mass is 19.1. The molecule has 130 valence electrons. The van der Waals surface area contributed by atoms with E-state index < -0.39 is 29.1 Å². The van der Waals surface area contributed by atoms with Crippen molar-refractivity contribution in [3.63, 3.8) is 0 Å². The fourth-order valence-electron chi connectivity index (χ4n) is 2.11. The zero-order valence-electron chi connectivity index (χ0n) is 13.5. The molecule has 6 heteroatoms. The molecule has 0 amide bonds. The minimum atomic E-state index is -2.03. The Kier molecular flexibility index (Phi) is 6.85. The van der Waals surface area contributed by atoms with Gasteiger partial charge in [0, 0.05) is 0 Å². The van der Waals surface area contributed by atoms with Crippen molar-refractivity contribution in [1.29, 1.82) is 0 Å². The van der Waals surface area contributed by atoms with E-state index in [1.807, 2.05) is 37.3 Å². The molecular weight excluding hydrogens is 315 g/mol. The van der Waals surface area contributed by atoms with E-state index in [4.69, 9.17) is 10.2 Å². The van der Waals surface area contributed by atoms with Crippen molar-refractivity contribution in [1.82, 2.24) is 0 Å². The Morgan fingerprint density at radius 2 is 1.83 bits per heavy atom. The van der Waals surface area contributed by atoms with Crippen LogP contribution in [-0.2, 0) is 9.59 Å². The van der Waals surface area contributed by atoms with Crippen LogP contribution in [0, 0.1) is 5.41 Å². The van der Waals surface area contributed by atoms with Crippen LogP contribution in [0.4, 0.5) is 4.39 Å². The molecule has 0 bridgehead atoms. The Labute approximate surface area is 139 Å². The highest BCUT2D eigenvalue weighted by Gasteiger charge is 2.45. The summed E-state index contributed by atoms with van der Waals surface area (Å²) in [5.41, 5.74) is -1.31. The normalized spacial score (nSPS) is 23.5. The van der Waals surface area contributed by atoms with Crippen LogP contribution in [0.25, 0.3) is 0 Å². The highest BCUT2D eigenvalue weighted by molar-refractivity contribution is 5.91. The number of aliphatic hydroxyl groups excluding tert-OH is 1. The number of aliphatic carboxylic acids is 2. The van der Waals surface area contributed by atoms with Crippen molar-refractivity contribution < 1.29 is 29.3 Å². The third-order valence-corrected chi connectivity index (χ3v) is 3.80. The monoisotopic (exact) mass is 336 g/mol. The second kappa shape index (κ2) is 8.40. The standard InChI is InChI=1S/C9H9FO4.C9H12O/c1-9(8(13)14)4-2-3-5(6(9)10)7(11)12;1-2-9(10)8-6-4-3-5-7-8/h2-4,6H,1H3,(H,11,12)(H,13,14);3-7,9-10H,2H2,1H3. The summed E-state index contributed by atoms with van der Waals surface area (Å²) in [6.45, 7) is 3.12. The Morgan fingerprint density at radius 3 is 2.29 bits per heavy atom. The van der Waals surface area contributed by atoms with E-state index in [0.29, 0.717) is 0 Å². The van der Waals surface area contributed by atoms with Crippen molar-refractivity contribution in [3.05, 3.63) is 59.7 Å². The van der Waals surface area contributed by atoms with Crippen LogP contribution in [0.5, 0.6) is 0 Å². The van der Waals surface area contributed by atoms with E-state index in [9.17, 15) is 19.1 Å². The van der Waals surface area contributed by atoms with Crippen LogP contribution in [0.1, 0.15) is 31.9 Å². The average molecular weight is 336 g/mol. The Hall–Kier alpha value is -2.47. The van der Waals surface area contributed by atoms with Crippen LogP contribution in [0.15, 0.2) is 54.1 Å². The van der Waals surface area contributed by atoms with Crippen LogP contribution >= 0.6 is 0 Å². The zero-order chi connectivity index (χ0) is 18.3. The third kappa shape index (κ3) is 4.52. The van der Waals surface area contributed by atoms with Crippen LogP contribution < -0.4 is 0 Å². The molecule has 1 aromatic carbocycles. The number of rotatable bonds is 4. The van der Waals surface area contributed by atoms with Gasteiger partial charge in [-0.15, -0.1) is 0 Å². The fourth-order valence-corrected chi connectivity index (χ4v) is 2.11. The van der Waals surface area contributed by atoms with E-state index >= 15 is 0 Å². The van der Waals surface area contributed by atoms with Gasteiger partial charge in [0.15, 0.2) is 6.17 Å². The molecule has 3 N–H and O–H groups in total. The minimum absolute atomic E-state index is 0.291. The molecule has 0 aliphatic heterocycles. The maximum absolute atomic E-state index is 13.5. The van der Waals surface area contributed by atoms with E-state index in [1.54, 1.807) is 0 Å². The smallest absolute Gasteiger partial charge is 0.334 e. The number of carboxylic acids is 2. The van der Waals surface area contributed by atoms with Crippen molar-refractivity contribution in [3.8, 4) is 0 Å². The number of halogens is 1. The third-order valence-electron chi connectivity index (χ3n) is 3.80. The number of aliphatic hydroxyl groups is 1. The lowest BCUT2D eigenvalue weighted by molar-refractivity contribution is -0.148. The van der Waals surface area contributed by atoms with Crippen molar-refractivity contribution in [2.75, 3.05) is 0 Å². The van der Waals surface area contributed by atoms with Gasteiger partial charge in [0.2, 0.25) is 0 Å². The average Bonchev–Trinajstić information content (AvgIpc) is 2.57. The van der Waals surface area contributed by atoms with E-state index in [-0.39, 0.29) is 6.10 Å². The number of hydrogen-bond donors (Lipinski definition) is 3. The summed E-state index contributed by atoms with van der Waals surface area (Å²) in [5, 5.41) is 26.7. The maximum Gasteiger partial charge on any atom is 0.334 e. The lowest BCUT2D eigenvalue weighted by atomic mass is 9.78. The van der Waals surface area contributed by atoms with Crippen LogP contribution in [0.2, 0.25) is 0 Å². The van der Waals surface area contributed by atoms with Gasteiger partial charge in [-0.05, 0) is 25.0 Å². The summed E-state index contributed by atoms with van der Waals surface area (Å²) >= 11 is 0. The highest BCUT2D eigenvalue weighted by Crippen LogP contribution is 2.34. The largest absolute Gasteiger partial charge is 0.481 e. The van der Waals surface area contributed by atoms with Crippen molar-refractivity contribution in [2.45, 2.75) is 32.5 Å². The zero-order valence-corrected chi connectivity index (χ0v) is 13.5. The SMILES string of the molecule is CC1(C(=O)O)C=CC=C(C(=O)O)C1F.CCC(O)c1ccccc1. The topological polar surface area (TPSA) is 94.8 Å². The molecule has 1 aromatic rings. The Morgan fingerprint density at radius 1 is 1.25 bits per heavy atom. The van der Waals surface area contributed by atoms with Gasteiger partial charge in [-0.3, -0.25) is 4.79 Å². The van der Waals surface area contributed by atoms with Crippen molar-refractivity contribution >= 4 is 11.9 Å². The van der Waals surface area contributed by atoms with E-state index in [2.05, 4.69) is 0 Å². The van der Waals surface area contributed by atoms with E-state index in [1.165, 1.54) is 6.08 Å². The Balaban J connectivity index is 0.000000254. The second-order valence-electron chi connectivity index (χ2n) is 5.57. The molecule has 0 heterocycles. The lowest BCUT2D eigenvalue weighted by Gasteiger charge is -2.27. The molecule has 2 rings (SSSR count). The molecule has 3 unspecified atom stereocenters. The lowest BCUT2D eigenvalue weighted by Crippen LogP contribution is -2.39. The Bertz CT molecular complexity index is 638. The van der Waals surface area contributed by atoms with E-state index in [0.717, 1.165) is 31.1 Å². The molecule has 1 aliphatic rings. The number of carbonyl (C=O) groups is 2. The molecule has 0 fully saturated rings. The number of benzene rings is 1. The second-order valence-corrected chi connectivity index (χ2v) is 5.57. The molecule has 0 spiro atoms. The first-order valence-electron chi connectivity index (χ1n) is 7.47. The predicted molar refractivity (Wildman–Crippen MR) is 87.2 cm³/mol. The summed E-state index contributed by atoms with van der Waals surface area (Å²) in [6, 6.07) is 9.70. The molecule has 0 aromatic heterocycles. The molecule has 5 nitrogen and oxygen atoms in total. The molecule has 1 aliphatic carbocycles. The number of carboxylic acid groups (broad SMARTS) is 2. The molecule has 0 radical (unpaired) electrons. The predicted octanol–water partition coefficient (Wildman–Crippen LogP) is 3.13. The van der Waals surface area contributed by atoms with Crippen molar-refractivity contribution in [2.24, 2.45) is 5.41 Å². The first-order valence-corrected chi connectivity index (χ1v) is 7.47. The van der Waals surface area contributed by atoms with Gasteiger partial charge in [0.05, 0.1) is 11.7 Å². The van der Waals surface area contributed by atoms with Gasteiger partial charge in [-0.2, -0.15) is 0 Å². The maximum atomic E-state index is 13.5. The quantitative estimate of drug-likeness (QED) is 0.785. The summed E-state index contributed by atoms with van der Waals surface area (Å²) in [6.07, 6.45) is 1.92. The van der Waals surface area contributed by atoms with Gasteiger partial charge in [-0.1, -0.05) is 49.4 Å². The van der Waals surface area contributed by atoms with Crippen LogP contribution in [-0.4, -0.2) is 33.4 Å². The summed E-state index contributed by atoms with van der Waals surface area (Å²) in [4.78, 5) is 21.3.